The number of ether oxygens (including phenoxy) is 1. The molecule has 4 rings (SSSR count). The van der Waals surface area contributed by atoms with Crippen LogP contribution in [0.2, 0.25) is 0 Å². The number of esters is 1. The molecule has 4 aromatic rings. The third-order valence-corrected chi connectivity index (χ3v) is 4.96. The molecule has 30 heavy (non-hydrogen) atoms. The standard InChI is InChI=1S/C25H22N2O3/c1-2-30-25(29)23-22(19-15-9-10-16-20(19)26-23)27-24(28)21(17-11-5-3-6-12-17)18-13-7-4-8-14-18/h3-16,21,26H,2H2,1H3,(H,27,28). The van der Waals surface area contributed by atoms with Gasteiger partial charge in [-0.3, -0.25) is 4.79 Å². The first-order chi connectivity index (χ1) is 14.7. The van der Waals surface area contributed by atoms with Gasteiger partial charge < -0.3 is 15.0 Å². The molecule has 0 spiro atoms. The number of H-pyrrole nitrogens is 1. The fourth-order valence-corrected chi connectivity index (χ4v) is 3.61. The van der Waals surface area contributed by atoms with Crippen LogP contribution in [-0.2, 0) is 9.53 Å². The maximum absolute atomic E-state index is 13.5. The summed E-state index contributed by atoms with van der Waals surface area (Å²) in [5, 5.41) is 3.76. The lowest BCUT2D eigenvalue weighted by Crippen LogP contribution is -2.23. The van der Waals surface area contributed by atoms with Crippen LogP contribution in [-0.4, -0.2) is 23.5 Å². The molecule has 0 bridgehead atoms. The molecule has 150 valence electrons. The number of carbonyl (C=O) groups is 2. The molecule has 3 aromatic carbocycles. The summed E-state index contributed by atoms with van der Waals surface area (Å²) < 4.78 is 5.19. The summed E-state index contributed by atoms with van der Waals surface area (Å²) >= 11 is 0. The van der Waals surface area contributed by atoms with Crippen LogP contribution in [0.25, 0.3) is 10.9 Å². The summed E-state index contributed by atoms with van der Waals surface area (Å²) in [6.07, 6.45) is 0. The average Bonchev–Trinajstić information content (AvgIpc) is 3.14. The number of amides is 1. The third-order valence-electron chi connectivity index (χ3n) is 4.96. The van der Waals surface area contributed by atoms with Gasteiger partial charge in [0.25, 0.3) is 0 Å². The number of hydrogen-bond donors (Lipinski definition) is 2. The SMILES string of the molecule is CCOC(=O)c1[nH]c2ccccc2c1NC(=O)C(c1ccccc1)c1ccccc1. The fourth-order valence-electron chi connectivity index (χ4n) is 3.61. The molecule has 1 heterocycles. The molecule has 0 saturated heterocycles. The van der Waals surface area contributed by atoms with Gasteiger partial charge in [0.1, 0.15) is 5.69 Å². The smallest absolute Gasteiger partial charge is 0.356 e. The molecule has 0 atom stereocenters. The predicted octanol–water partition coefficient (Wildman–Crippen LogP) is 5.12. The first-order valence-corrected chi connectivity index (χ1v) is 9.87. The van der Waals surface area contributed by atoms with Crippen molar-refractivity contribution < 1.29 is 14.3 Å². The Hall–Kier alpha value is -3.86. The van der Waals surface area contributed by atoms with Crippen LogP contribution >= 0.6 is 0 Å². The van der Waals surface area contributed by atoms with Crippen molar-refractivity contribution in [3.05, 3.63) is 102 Å². The van der Waals surface area contributed by atoms with Crippen molar-refractivity contribution in [2.24, 2.45) is 0 Å². The Morgan fingerprint density at radius 2 is 1.43 bits per heavy atom. The number of nitrogens with one attached hydrogen (secondary N) is 2. The van der Waals surface area contributed by atoms with Gasteiger partial charge in [0.2, 0.25) is 5.91 Å². The molecule has 0 aliphatic heterocycles. The molecule has 0 saturated carbocycles. The molecular formula is C25H22N2O3. The number of anilines is 1. The van der Waals surface area contributed by atoms with Crippen molar-refractivity contribution in [3.8, 4) is 0 Å². The summed E-state index contributed by atoms with van der Waals surface area (Å²) in [5.74, 6) is -1.24. The molecule has 0 fully saturated rings. The van der Waals surface area contributed by atoms with Crippen molar-refractivity contribution >= 4 is 28.5 Å². The van der Waals surface area contributed by atoms with Crippen LogP contribution in [0.1, 0.15) is 34.5 Å². The lowest BCUT2D eigenvalue weighted by Gasteiger charge is -2.18. The van der Waals surface area contributed by atoms with E-state index in [2.05, 4.69) is 10.3 Å². The molecule has 0 radical (unpaired) electrons. The lowest BCUT2D eigenvalue weighted by atomic mass is 9.90. The number of benzene rings is 3. The van der Waals surface area contributed by atoms with Gasteiger partial charge >= 0.3 is 5.97 Å². The zero-order chi connectivity index (χ0) is 20.9. The minimum atomic E-state index is -0.517. The molecular weight excluding hydrogens is 376 g/mol. The van der Waals surface area contributed by atoms with Gasteiger partial charge in [-0.25, -0.2) is 4.79 Å². The highest BCUT2D eigenvalue weighted by molar-refractivity contribution is 6.12. The van der Waals surface area contributed by atoms with Crippen molar-refractivity contribution in [1.29, 1.82) is 0 Å². The van der Waals surface area contributed by atoms with Crippen LogP contribution in [0.5, 0.6) is 0 Å². The van der Waals surface area contributed by atoms with E-state index in [1.54, 1.807) is 6.92 Å². The first kappa shape index (κ1) is 19.5. The maximum Gasteiger partial charge on any atom is 0.356 e. The van der Waals surface area contributed by atoms with Crippen molar-refractivity contribution in [1.82, 2.24) is 4.98 Å². The fraction of sp³-hybridized carbons (Fsp3) is 0.120. The normalized spacial score (nSPS) is 10.9. The van der Waals surface area contributed by atoms with Crippen LogP contribution in [0.4, 0.5) is 5.69 Å². The minimum absolute atomic E-state index is 0.220. The summed E-state index contributed by atoms with van der Waals surface area (Å²) in [7, 11) is 0. The number of aromatic amines is 1. The van der Waals surface area contributed by atoms with E-state index in [0.29, 0.717) is 5.69 Å². The van der Waals surface area contributed by atoms with Crippen molar-refractivity contribution in [2.45, 2.75) is 12.8 Å². The molecule has 5 heteroatoms. The minimum Gasteiger partial charge on any atom is -0.461 e. The molecule has 1 amide bonds. The number of hydrogen-bond acceptors (Lipinski definition) is 3. The second-order valence-corrected chi connectivity index (χ2v) is 6.88. The van der Waals surface area contributed by atoms with Gasteiger partial charge in [-0.05, 0) is 24.1 Å². The van der Waals surface area contributed by atoms with Crippen LogP contribution in [0, 0.1) is 0 Å². The first-order valence-electron chi connectivity index (χ1n) is 9.87. The molecule has 0 aliphatic rings. The number of para-hydroxylation sites is 1. The van der Waals surface area contributed by atoms with Crippen LogP contribution < -0.4 is 5.32 Å². The van der Waals surface area contributed by atoms with E-state index in [0.717, 1.165) is 22.0 Å². The van der Waals surface area contributed by atoms with Gasteiger partial charge in [-0.15, -0.1) is 0 Å². The van der Waals surface area contributed by atoms with Gasteiger partial charge in [-0.1, -0.05) is 78.9 Å². The second-order valence-electron chi connectivity index (χ2n) is 6.88. The lowest BCUT2D eigenvalue weighted by molar-refractivity contribution is -0.116. The predicted molar refractivity (Wildman–Crippen MR) is 118 cm³/mol. The van der Waals surface area contributed by atoms with Gasteiger partial charge in [0, 0.05) is 10.9 Å². The summed E-state index contributed by atoms with van der Waals surface area (Å²) in [6.45, 7) is 2.00. The highest BCUT2D eigenvalue weighted by Gasteiger charge is 2.26. The van der Waals surface area contributed by atoms with E-state index in [1.165, 1.54) is 0 Å². The number of carbonyl (C=O) groups excluding carboxylic acids is 2. The van der Waals surface area contributed by atoms with E-state index in [4.69, 9.17) is 4.74 Å². The van der Waals surface area contributed by atoms with E-state index >= 15 is 0 Å². The molecule has 0 aliphatic carbocycles. The second kappa shape index (κ2) is 8.66. The van der Waals surface area contributed by atoms with Crippen LogP contribution in [0.15, 0.2) is 84.9 Å². The maximum atomic E-state index is 13.5. The van der Waals surface area contributed by atoms with Gasteiger partial charge in [0.05, 0.1) is 18.2 Å². The van der Waals surface area contributed by atoms with Crippen molar-refractivity contribution in [3.63, 3.8) is 0 Å². The van der Waals surface area contributed by atoms with Gasteiger partial charge in [-0.2, -0.15) is 0 Å². The quantitative estimate of drug-likeness (QED) is 0.443. The topological polar surface area (TPSA) is 71.2 Å². The Kier molecular flexibility index (Phi) is 5.61. The zero-order valence-corrected chi connectivity index (χ0v) is 16.6. The molecule has 5 nitrogen and oxygen atoms in total. The highest BCUT2D eigenvalue weighted by atomic mass is 16.5. The zero-order valence-electron chi connectivity index (χ0n) is 16.6. The number of fused-ring (bicyclic) bond motifs is 1. The Morgan fingerprint density at radius 3 is 2.03 bits per heavy atom. The third kappa shape index (κ3) is 3.82. The summed E-state index contributed by atoms with van der Waals surface area (Å²) in [6, 6.07) is 26.7. The monoisotopic (exact) mass is 398 g/mol. The Balaban J connectivity index is 1.77. The van der Waals surface area contributed by atoms with E-state index in [9.17, 15) is 9.59 Å². The van der Waals surface area contributed by atoms with Crippen LogP contribution in [0.3, 0.4) is 0 Å². The molecule has 1 aromatic heterocycles. The van der Waals surface area contributed by atoms with E-state index in [1.807, 2.05) is 84.9 Å². The average molecular weight is 398 g/mol. The summed E-state index contributed by atoms with van der Waals surface area (Å²) in [5.41, 5.74) is 3.18. The Labute approximate surface area is 174 Å². The highest BCUT2D eigenvalue weighted by Crippen LogP contribution is 2.31. The largest absolute Gasteiger partial charge is 0.461 e. The van der Waals surface area contributed by atoms with Gasteiger partial charge in [0.15, 0.2) is 0 Å². The molecule has 2 N–H and O–H groups in total. The Morgan fingerprint density at radius 1 is 0.867 bits per heavy atom. The molecule has 0 unspecified atom stereocenters. The number of aromatic nitrogens is 1. The number of rotatable bonds is 6. The van der Waals surface area contributed by atoms with E-state index < -0.39 is 11.9 Å². The van der Waals surface area contributed by atoms with Crippen molar-refractivity contribution in [2.75, 3.05) is 11.9 Å². The summed E-state index contributed by atoms with van der Waals surface area (Å²) in [4.78, 5) is 29.1. The Bertz CT molecular complexity index is 1130. The van der Waals surface area contributed by atoms with E-state index in [-0.39, 0.29) is 18.2 Å².